The molecular formula is C9H17F. The molecule has 1 heteroatoms. The fourth-order valence-electron chi connectivity index (χ4n) is 0.543. The van der Waals surface area contributed by atoms with Crippen LogP contribution in [-0.2, 0) is 0 Å². The Kier molecular flexibility index (Phi) is 3.07. The van der Waals surface area contributed by atoms with Crippen LogP contribution in [-0.4, -0.2) is 0 Å². The monoisotopic (exact) mass is 144 g/mol. The molecule has 60 valence electrons. The summed E-state index contributed by atoms with van der Waals surface area (Å²) in [5.74, 6) is 0.293. The highest BCUT2D eigenvalue weighted by atomic mass is 19.1. The summed E-state index contributed by atoms with van der Waals surface area (Å²) in [4.78, 5) is 0. The van der Waals surface area contributed by atoms with Gasteiger partial charge in [-0.25, -0.2) is 4.39 Å². The second-order valence-corrected chi connectivity index (χ2v) is 4.01. The molecule has 0 aliphatic carbocycles. The van der Waals surface area contributed by atoms with Gasteiger partial charge < -0.3 is 0 Å². The van der Waals surface area contributed by atoms with Gasteiger partial charge in [0.25, 0.3) is 0 Å². The SMILES string of the molecule is CC(C)/C=C(\F)C(C)(C)C. The summed E-state index contributed by atoms with van der Waals surface area (Å²) < 4.78 is 13.0. The number of halogens is 1. The third-order valence-corrected chi connectivity index (χ3v) is 1.20. The van der Waals surface area contributed by atoms with E-state index in [0.717, 1.165) is 0 Å². The average molecular weight is 144 g/mol. The summed E-state index contributed by atoms with van der Waals surface area (Å²) >= 11 is 0. The Hall–Kier alpha value is -0.330. The maximum Gasteiger partial charge on any atom is 0.102 e. The van der Waals surface area contributed by atoms with Crippen LogP contribution in [0.4, 0.5) is 4.39 Å². The molecule has 0 aliphatic rings. The van der Waals surface area contributed by atoms with E-state index in [-0.39, 0.29) is 11.2 Å². The molecule has 0 aromatic heterocycles. The lowest BCUT2D eigenvalue weighted by Gasteiger charge is -2.16. The van der Waals surface area contributed by atoms with Gasteiger partial charge in [0.15, 0.2) is 0 Å². The largest absolute Gasteiger partial charge is 0.212 e. The highest BCUT2D eigenvalue weighted by molar-refractivity contribution is 5.02. The van der Waals surface area contributed by atoms with Crippen molar-refractivity contribution in [3.63, 3.8) is 0 Å². The predicted octanol–water partition coefficient (Wildman–Crippen LogP) is 3.54. The van der Waals surface area contributed by atoms with Gasteiger partial charge in [0, 0.05) is 5.41 Å². The molecule has 0 aliphatic heterocycles. The molecule has 0 aromatic carbocycles. The molecule has 0 radical (unpaired) electrons. The van der Waals surface area contributed by atoms with Crippen LogP contribution < -0.4 is 0 Å². The van der Waals surface area contributed by atoms with E-state index >= 15 is 0 Å². The molecule has 0 rings (SSSR count). The molecule has 0 fully saturated rings. The van der Waals surface area contributed by atoms with Crippen molar-refractivity contribution in [1.29, 1.82) is 0 Å². The van der Waals surface area contributed by atoms with Crippen LogP contribution in [0.15, 0.2) is 11.9 Å². The van der Waals surface area contributed by atoms with Gasteiger partial charge in [-0.15, -0.1) is 0 Å². The van der Waals surface area contributed by atoms with E-state index in [1.165, 1.54) is 0 Å². The number of rotatable bonds is 1. The van der Waals surface area contributed by atoms with Gasteiger partial charge in [0.1, 0.15) is 5.83 Å². The zero-order chi connectivity index (χ0) is 8.36. The lowest BCUT2D eigenvalue weighted by Crippen LogP contribution is -2.06. The topological polar surface area (TPSA) is 0 Å². The lowest BCUT2D eigenvalue weighted by molar-refractivity contribution is 0.377. The first-order valence-corrected chi connectivity index (χ1v) is 3.72. The highest BCUT2D eigenvalue weighted by Gasteiger charge is 2.16. The van der Waals surface area contributed by atoms with Gasteiger partial charge in [-0.1, -0.05) is 34.6 Å². The Balaban J connectivity index is 4.20. The van der Waals surface area contributed by atoms with Gasteiger partial charge in [-0.05, 0) is 12.0 Å². The standard InChI is InChI=1S/C9H17F/c1-7(2)6-8(10)9(3,4)5/h6-7H,1-5H3/b8-6-. The summed E-state index contributed by atoms with van der Waals surface area (Å²) in [6, 6.07) is 0. The minimum absolute atomic E-state index is 0.0116. The van der Waals surface area contributed by atoms with Crippen molar-refractivity contribution in [1.82, 2.24) is 0 Å². The smallest absolute Gasteiger partial charge is 0.102 e. The van der Waals surface area contributed by atoms with Gasteiger partial charge in [-0.2, -0.15) is 0 Å². The van der Waals surface area contributed by atoms with Crippen molar-refractivity contribution in [2.24, 2.45) is 11.3 Å². The minimum atomic E-state index is -0.315. The van der Waals surface area contributed by atoms with E-state index < -0.39 is 0 Å². The Labute approximate surface area is 63.1 Å². The van der Waals surface area contributed by atoms with Crippen LogP contribution in [0, 0.1) is 11.3 Å². The molecule has 0 aromatic rings. The van der Waals surface area contributed by atoms with Gasteiger partial charge >= 0.3 is 0 Å². The Morgan fingerprint density at radius 1 is 1.30 bits per heavy atom. The first-order chi connectivity index (χ1) is 4.34. The van der Waals surface area contributed by atoms with Crippen LogP contribution in [0.25, 0.3) is 0 Å². The first kappa shape index (κ1) is 9.67. The van der Waals surface area contributed by atoms with E-state index in [0.29, 0.717) is 5.92 Å². The molecule has 0 saturated carbocycles. The van der Waals surface area contributed by atoms with E-state index in [4.69, 9.17) is 0 Å². The zero-order valence-electron chi connectivity index (χ0n) is 7.53. The van der Waals surface area contributed by atoms with Crippen molar-refractivity contribution in [2.75, 3.05) is 0 Å². The highest BCUT2D eigenvalue weighted by Crippen LogP contribution is 2.26. The fourth-order valence-corrected chi connectivity index (χ4v) is 0.543. The van der Waals surface area contributed by atoms with Crippen molar-refractivity contribution in [3.05, 3.63) is 11.9 Å². The van der Waals surface area contributed by atoms with Gasteiger partial charge in [-0.3, -0.25) is 0 Å². The molecule has 0 bridgehead atoms. The third kappa shape index (κ3) is 3.65. The molecule has 0 N–H and O–H groups in total. The maximum absolute atomic E-state index is 13.0. The summed E-state index contributed by atoms with van der Waals surface area (Å²) in [7, 11) is 0. The molecule has 0 unspecified atom stereocenters. The Morgan fingerprint density at radius 2 is 1.70 bits per heavy atom. The van der Waals surface area contributed by atoms with E-state index in [1.807, 2.05) is 34.6 Å². The van der Waals surface area contributed by atoms with E-state index in [1.54, 1.807) is 6.08 Å². The molecule has 0 saturated heterocycles. The van der Waals surface area contributed by atoms with E-state index in [2.05, 4.69) is 0 Å². The molecule has 10 heavy (non-hydrogen) atoms. The molecule has 0 spiro atoms. The molecule has 0 atom stereocenters. The second-order valence-electron chi connectivity index (χ2n) is 4.01. The van der Waals surface area contributed by atoms with Crippen LogP contribution in [0.2, 0.25) is 0 Å². The molecule has 0 heterocycles. The van der Waals surface area contributed by atoms with Crippen LogP contribution in [0.5, 0.6) is 0 Å². The van der Waals surface area contributed by atoms with Gasteiger partial charge in [0.05, 0.1) is 0 Å². The molecular weight excluding hydrogens is 127 g/mol. The molecule has 0 nitrogen and oxygen atoms in total. The van der Waals surface area contributed by atoms with E-state index in [9.17, 15) is 4.39 Å². The number of hydrogen-bond donors (Lipinski definition) is 0. The molecule has 0 amide bonds. The second kappa shape index (κ2) is 3.18. The number of hydrogen-bond acceptors (Lipinski definition) is 0. The lowest BCUT2D eigenvalue weighted by atomic mass is 9.93. The van der Waals surface area contributed by atoms with Crippen LogP contribution in [0.1, 0.15) is 34.6 Å². The Bertz CT molecular complexity index is 126. The minimum Gasteiger partial charge on any atom is -0.212 e. The summed E-state index contributed by atoms with van der Waals surface area (Å²) in [5.41, 5.74) is -0.315. The van der Waals surface area contributed by atoms with Crippen molar-refractivity contribution >= 4 is 0 Å². The van der Waals surface area contributed by atoms with Crippen LogP contribution >= 0.6 is 0 Å². The fraction of sp³-hybridized carbons (Fsp3) is 0.778. The normalized spacial score (nSPS) is 14.5. The zero-order valence-corrected chi connectivity index (χ0v) is 7.53. The summed E-state index contributed by atoms with van der Waals surface area (Å²) in [5, 5.41) is 0. The number of allylic oxidation sites excluding steroid dienone is 2. The van der Waals surface area contributed by atoms with Crippen molar-refractivity contribution in [2.45, 2.75) is 34.6 Å². The Morgan fingerprint density at radius 3 is 1.80 bits per heavy atom. The van der Waals surface area contributed by atoms with Crippen molar-refractivity contribution < 1.29 is 4.39 Å². The summed E-state index contributed by atoms with van der Waals surface area (Å²) in [6.45, 7) is 9.58. The quantitative estimate of drug-likeness (QED) is 0.528. The predicted molar refractivity (Wildman–Crippen MR) is 43.5 cm³/mol. The first-order valence-electron chi connectivity index (χ1n) is 3.72. The maximum atomic E-state index is 13.0. The van der Waals surface area contributed by atoms with Crippen LogP contribution in [0.3, 0.4) is 0 Å². The summed E-state index contributed by atoms with van der Waals surface area (Å²) in [6.07, 6.45) is 1.67. The van der Waals surface area contributed by atoms with Gasteiger partial charge in [0.2, 0.25) is 0 Å². The van der Waals surface area contributed by atoms with Crippen molar-refractivity contribution in [3.8, 4) is 0 Å². The third-order valence-electron chi connectivity index (χ3n) is 1.20. The average Bonchev–Trinajstić information content (AvgIpc) is 1.60.